The van der Waals surface area contributed by atoms with E-state index in [1.807, 2.05) is 47.9 Å². The summed E-state index contributed by atoms with van der Waals surface area (Å²) in [6.45, 7) is 8.71. The smallest absolute Gasteiger partial charge is 0.124 e. The predicted octanol–water partition coefficient (Wildman–Crippen LogP) is 8.90. The predicted molar refractivity (Wildman–Crippen MR) is 206 cm³/mol. The number of fused-ring (bicyclic) bond motifs is 2. The molecule has 6 heterocycles. The number of rotatable bonds is 14. The first-order valence-electron chi connectivity index (χ1n) is 18.8. The van der Waals surface area contributed by atoms with E-state index in [0.717, 1.165) is 97.6 Å². The Hall–Kier alpha value is -4.68. The van der Waals surface area contributed by atoms with E-state index in [1.54, 1.807) is 37.9 Å². The van der Waals surface area contributed by atoms with Crippen molar-refractivity contribution in [1.82, 2.24) is 30.4 Å². The Bertz CT molecular complexity index is 2130. The first-order valence-corrected chi connectivity index (χ1v) is 18.8. The van der Waals surface area contributed by atoms with Crippen molar-refractivity contribution in [3.63, 3.8) is 0 Å². The van der Waals surface area contributed by atoms with E-state index in [2.05, 4.69) is 42.5 Å². The average Bonchev–Trinajstić information content (AvgIpc) is 4.01. The molecule has 0 saturated carbocycles. The maximum Gasteiger partial charge on any atom is 0.124 e. The van der Waals surface area contributed by atoms with Crippen molar-refractivity contribution in [2.24, 2.45) is 0 Å². The van der Waals surface area contributed by atoms with E-state index in [4.69, 9.17) is 0 Å². The molecule has 0 bridgehead atoms. The van der Waals surface area contributed by atoms with Gasteiger partial charge >= 0.3 is 0 Å². The number of halogens is 6. The number of pyridine rings is 2. The van der Waals surface area contributed by atoms with Crippen molar-refractivity contribution in [2.75, 3.05) is 32.7 Å². The molecule has 6 aromatic rings. The van der Waals surface area contributed by atoms with Crippen molar-refractivity contribution >= 4 is 34.4 Å². The summed E-state index contributed by atoms with van der Waals surface area (Å²) < 4.78 is 81.2. The van der Waals surface area contributed by atoms with Crippen LogP contribution in [0.4, 0.5) is 60.7 Å². The molecule has 0 amide bonds. The van der Waals surface area contributed by atoms with E-state index in [-0.39, 0.29) is 53.5 Å². The third kappa shape index (κ3) is 11.0. The second-order valence-corrected chi connectivity index (χ2v) is 13.9. The van der Waals surface area contributed by atoms with Gasteiger partial charge in [-0.2, -0.15) is 13.3 Å². The van der Waals surface area contributed by atoms with Crippen LogP contribution >= 0.6 is 0 Å². The minimum absolute atomic E-state index is 0. The summed E-state index contributed by atoms with van der Waals surface area (Å²) >= 11 is 0. The third-order valence-electron chi connectivity index (χ3n) is 9.53. The van der Waals surface area contributed by atoms with Gasteiger partial charge in [0, 0.05) is 88.9 Å². The van der Waals surface area contributed by atoms with Crippen LogP contribution in [-0.2, 0) is 55.0 Å². The van der Waals surface area contributed by atoms with Gasteiger partial charge in [0.1, 0.15) is 11.6 Å². The van der Waals surface area contributed by atoms with E-state index in [1.165, 1.54) is 9.80 Å². The molecule has 0 spiro atoms. The summed E-state index contributed by atoms with van der Waals surface area (Å²) in [6, 6.07) is 17.7. The zero-order chi connectivity index (χ0) is 40.8. The number of aryl methyl sites for hydroxylation is 4. The van der Waals surface area contributed by atoms with Crippen LogP contribution in [0.2, 0.25) is 0 Å². The molecule has 60 heavy (non-hydrogen) atoms. The summed E-state index contributed by atoms with van der Waals surface area (Å²) in [7, 11) is 0. The Kier molecular flexibility index (Phi) is 16.4. The quantitative estimate of drug-likeness (QED) is 0.0456. The average molecular weight is 1190 g/mol. The van der Waals surface area contributed by atoms with Crippen molar-refractivity contribution in [3.8, 4) is 0 Å². The van der Waals surface area contributed by atoms with Crippen LogP contribution in [0.1, 0.15) is 61.3 Å². The van der Waals surface area contributed by atoms with Crippen LogP contribution in [0.25, 0.3) is 0 Å². The molecule has 2 aliphatic heterocycles. The molecule has 0 fully saturated rings. The van der Waals surface area contributed by atoms with Crippen molar-refractivity contribution < 1.29 is 68.5 Å². The van der Waals surface area contributed by atoms with Gasteiger partial charge in [0.05, 0.1) is 23.3 Å². The number of anilines is 6. The van der Waals surface area contributed by atoms with Crippen LogP contribution in [0.15, 0.2) is 60.9 Å². The van der Waals surface area contributed by atoms with Crippen LogP contribution < -0.4 is 29.8 Å². The number of nitrogens with zero attached hydrogens (tertiary/aromatic N) is 10. The Morgan fingerprint density at radius 2 is 1.00 bits per heavy atom. The zero-order valence-electron chi connectivity index (χ0n) is 32.4. The topological polar surface area (TPSA) is 92.7 Å². The normalized spacial score (nSPS) is 12.8. The maximum absolute atomic E-state index is 13.7. The molecule has 8 rings (SSSR count). The fraction of sp³-hybridized carbons (Fsp3) is 0.286. The molecule has 2 aliphatic rings. The largest absolute Gasteiger partial charge is 0.579 e. The number of unbranched alkanes of at least 4 members (excludes halogenated alkanes) is 4. The Labute approximate surface area is 373 Å². The first kappa shape index (κ1) is 46.4. The van der Waals surface area contributed by atoms with Gasteiger partial charge in [0.25, 0.3) is 0 Å². The van der Waals surface area contributed by atoms with Gasteiger partial charge in [-0.25, -0.2) is 27.5 Å². The SMILES string of the molecule is Cc1cc(CCCCCN2[CH-]N(c3[c-]c(F)c(F)c(F)c3)c3ncccc32)n[n-]1.Cc1cc(CCCCCN2[CH-]N(c3[c-]c(F)c(F)c(F)c3)c3ncccc32)n[n-]1.[Pt].[Pt]. The van der Waals surface area contributed by atoms with Crippen molar-refractivity contribution in [2.45, 2.75) is 65.2 Å². The summed E-state index contributed by atoms with van der Waals surface area (Å²) in [5.74, 6) is -7.23. The molecule has 0 atom stereocenters. The molecular weight excluding hydrogens is 1150 g/mol. The summed E-state index contributed by atoms with van der Waals surface area (Å²) in [4.78, 5) is 15.6. The van der Waals surface area contributed by atoms with Gasteiger partial charge < -0.3 is 40.0 Å². The summed E-state index contributed by atoms with van der Waals surface area (Å²) in [5.41, 5.74) is 5.65. The summed E-state index contributed by atoms with van der Waals surface area (Å²) in [6.07, 6.45) is 10.8. The van der Waals surface area contributed by atoms with E-state index < -0.39 is 34.9 Å². The molecule has 0 saturated heterocycles. The molecule has 18 heteroatoms. The maximum atomic E-state index is 13.7. The molecule has 0 N–H and O–H groups in total. The van der Waals surface area contributed by atoms with E-state index in [0.29, 0.717) is 24.7 Å². The standard InChI is InChI=1S/2C21H19F3N5.2Pt/c2*1-14-10-15(27-26-14)6-3-2-4-9-28-13-29(21-19(28)7-5-8-25-21)16-11-17(22)20(24)18(23)12-16;;/h2*5,7-8,10-11,13H,2-4,6,9H2,1H3;;/q2*-3;;. The Balaban J connectivity index is 0.000000220. The third-order valence-corrected chi connectivity index (χ3v) is 9.53. The Morgan fingerprint density at radius 1 is 0.583 bits per heavy atom. The Morgan fingerprint density at radius 3 is 1.37 bits per heavy atom. The fourth-order valence-corrected chi connectivity index (χ4v) is 6.72. The van der Waals surface area contributed by atoms with Crippen molar-refractivity contribution in [3.05, 3.63) is 144 Å². The number of aromatic nitrogens is 6. The molecule has 2 aromatic carbocycles. The number of hydrogen-bond donors (Lipinski definition) is 0. The van der Waals surface area contributed by atoms with Gasteiger partial charge in [-0.3, -0.25) is 8.78 Å². The number of hydrogen-bond acceptors (Lipinski definition) is 8. The van der Waals surface area contributed by atoms with Gasteiger partial charge in [0.15, 0.2) is 0 Å². The number of benzene rings is 2. The molecule has 4 aromatic heterocycles. The molecule has 0 unspecified atom stereocenters. The monoisotopic (exact) mass is 1190 g/mol. The van der Waals surface area contributed by atoms with Gasteiger partial charge in [-0.05, 0) is 75.9 Å². The van der Waals surface area contributed by atoms with E-state index >= 15 is 0 Å². The van der Waals surface area contributed by atoms with Gasteiger partial charge in [-0.1, -0.05) is 50.2 Å². The molecule has 10 nitrogen and oxygen atoms in total. The van der Waals surface area contributed by atoms with Crippen LogP contribution in [0.5, 0.6) is 0 Å². The zero-order valence-corrected chi connectivity index (χ0v) is 36.9. The molecule has 0 radical (unpaired) electrons. The minimum Gasteiger partial charge on any atom is -0.579 e. The second-order valence-electron chi connectivity index (χ2n) is 13.9. The van der Waals surface area contributed by atoms with Crippen LogP contribution in [0.3, 0.4) is 0 Å². The van der Waals surface area contributed by atoms with Gasteiger partial charge in [0.2, 0.25) is 0 Å². The first-order chi connectivity index (χ1) is 28.0. The van der Waals surface area contributed by atoms with Crippen LogP contribution in [-0.4, -0.2) is 33.3 Å². The van der Waals surface area contributed by atoms with Crippen molar-refractivity contribution in [1.29, 1.82) is 0 Å². The van der Waals surface area contributed by atoms with Crippen LogP contribution in [0, 0.1) is 74.2 Å². The fourth-order valence-electron chi connectivity index (χ4n) is 6.72. The summed E-state index contributed by atoms with van der Waals surface area (Å²) in [5, 5.41) is 16.2. The molecular formula is C42H38F6N10Pt2-6. The molecule has 324 valence electrons. The second kappa shape index (κ2) is 21.2. The minimum atomic E-state index is -1.53. The van der Waals surface area contributed by atoms with Gasteiger partial charge in [-0.15, -0.1) is 35.7 Å². The van der Waals surface area contributed by atoms with E-state index in [9.17, 15) is 26.3 Å². The molecule has 0 aliphatic carbocycles.